The maximum atomic E-state index is 12.3. The Labute approximate surface area is 168 Å². The van der Waals surface area contributed by atoms with Gasteiger partial charge >= 0.3 is 5.97 Å². The smallest absolute Gasteiger partial charge is 0.341 e. The summed E-state index contributed by atoms with van der Waals surface area (Å²) in [4.78, 5) is 23.6. The lowest BCUT2D eigenvalue weighted by Crippen LogP contribution is -2.22. The summed E-state index contributed by atoms with van der Waals surface area (Å²) in [5, 5.41) is 9.25. The molecular formula is C22H23NO6. The lowest BCUT2D eigenvalue weighted by atomic mass is 9.91. The third-order valence-corrected chi connectivity index (χ3v) is 5.27. The molecule has 0 atom stereocenters. The summed E-state index contributed by atoms with van der Waals surface area (Å²) in [5.74, 6) is -0.403. The summed E-state index contributed by atoms with van der Waals surface area (Å²) in [5.41, 5.74) is 4.05. The van der Waals surface area contributed by atoms with Crippen molar-refractivity contribution in [1.29, 1.82) is 0 Å². The Morgan fingerprint density at radius 2 is 2.07 bits per heavy atom. The molecule has 2 aromatic rings. The lowest BCUT2D eigenvalue weighted by Gasteiger charge is -2.25. The number of pyridine rings is 1. The maximum absolute atomic E-state index is 12.3. The standard InChI is InChI=1S/C22H23NO6/c1-27-6-2-7-29-21-9-14-3-5-23-12-18(22(25)26)20(24)11-19(23)16(14)10-17(21)15-4-8-28-13-15/h9-13H,2-8H2,1H3,(H,25,26). The molecular weight excluding hydrogens is 374 g/mol. The van der Waals surface area contributed by atoms with Crippen LogP contribution < -0.4 is 10.2 Å². The number of carboxylic acids is 1. The minimum Gasteiger partial charge on any atom is -0.501 e. The van der Waals surface area contributed by atoms with Crippen LogP contribution in [0.3, 0.4) is 0 Å². The second kappa shape index (κ2) is 8.13. The van der Waals surface area contributed by atoms with E-state index in [4.69, 9.17) is 14.2 Å². The predicted octanol–water partition coefficient (Wildman–Crippen LogP) is 2.95. The molecule has 1 aromatic carbocycles. The predicted molar refractivity (Wildman–Crippen MR) is 107 cm³/mol. The second-order valence-corrected chi connectivity index (χ2v) is 7.15. The number of hydrogen-bond acceptors (Lipinski definition) is 5. The van der Waals surface area contributed by atoms with Crippen LogP contribution in [-0.4, -0.2) is 42.6 Å². The number of aromatic carboxylic acids is 1. The van der Waals surface area contributed by atoms with Crippen LogP contribution in [0.4, 0.5) is 0 Å². The van der Waals surface area contributed by atoms with Crippen molar-refractivity contribution in [3.8, 4) is 17.0 Å². The number of fused-ring (bicyclic) bond motifs is 3. The number of nitrogens with zero attached hydrogens (tertiary/aromatic N) is 1. The molecule has 3 heterocycles. The first-order valence-electron chi connectivity index (χ1n) is 9.66. The van der Waals surface area contributed by atoms with Gasteiger partial charge in [0.25, 0.3) is 0 Å². The molecule has 2 aliphatic heterocycles. The Morgan fingerprint density at radius 3 is 2.79 bits per heavy atom. The second-order valence-electron chi connectivity index (χ2n) is 7.15. The average molecular weight is 397 g/mol. The van der Waals surface area contributed by atoms with E-state index in [1.807, 2.05) is 16.7 Å². The summed E-state index contributed by atoms with van der Waals surface area (Å²) in [6, 6.07) is 5.49. The molecule has 0 saturated heterocycles. The van der Waals surface area contributed by atoms with Crippen LogP contribution in [0.5, 0.6) is 5.75 Å². The molecule has 4 rings (SSSR count). The van der Waals surface area contributed by atoms with Gasteiger partial charge < -0.3 is 23.9 Å². The monoisotopic (exact) mass is 397 g/mol. The van der Waals surface area contributed by atoms with E-state index in [-0.39, 0.29) is 5.56 Å². The van der Waals surface area contributed by atoms with Crippen molar-refractivity contribution in [2.75, 3.05) is 26.9 Å². The van der Waals surface area contributed by atoms with Crippen LogP contribution in [0.25, 0.3) is 16.8 Å². The van der Waals surface area contributed by atoms with Crippen LogP contribution in [0.1, 0.15) is 34.3 Å². The van der Waals surface area contributed by atoms with Crippen molar-refractivity contribution >= 4 is 11.5 Å². The summed E-state index contributed by atoms with van der Waals surface area (Å²) in [6.45, 7) is 2.42. The fraction of sp³-hybridized carbons (Fsp3) is 0.364. The molecule has 1 N–H and O–H groups in total. The molecule has 0 aliphatic carbocycles. The van der Waals surface area contributed by atoms with Gasteiger partial charge in [-0.3, -0.25) is 4.79 Å². The molecule has 7 nitrogen and oxygen atoms in total. The van der Waals surface area contributed by atoms with E-state index in [2.05, 4.69) is 0 Å². The van der Waals surface area contributed by atoms with Gasteiger partial charge in [0.05, 0.1) is 25.2 Å². The Balaban J connectivity index is 1.78. The van der Waals surface area contributed by atoms with Gasteiger partial charge in [0.1, 0.15) is 11.3 Å². The minimum absolute atomic E-state index is 0.206. The number of rotatable bonds is 7. The summed E-state index contributed by atoms with van der Waals surface area (Å²) >= 11 is 0. The highest BCUT2D eigenvalue weighted by molar-refractivity contribution is 5.88. The van der Waals surface area contributed by atoms with Crippen LogP contribution in [0, 0.1) is 0 Å². The Morgan fingerprint density at radius 1 is 1.21 bits per heavy atom. The fourth-order valence-corrected chi connectivity index (χ4v) is 3.80. The van der Waals surface area contributed by atoms with Gasteiger partial charge in [0.15, 0.2) is 5.43 Å². The summed E-state index contributed by atoms with van der Waals surface area (Å²) in [6.07, 6.45) is 5.51. The van der Waals surface area contributed by atoms with E-state index >= 15 is 0 Å². The van der Waals surface area contributed by atoms with Crippen molar-refractivity contribution in [1.82, 2.24) is 4.57 Å². The lowest BCUT2D eigenvalue weighted by molar-refractivity contribution is 0.0694. The van der Waals surface area contributed by atoms with Crippen LogP contribution in [0.2, 0.25) is 0 Å². The summed E-state index contributed by atoms with van der Waals surface area (Å²) in [7, 11) is 1.67. The van der Waals surface area contributed by atoms with Crippen molar-refractivity contribution < 1.29 is 24.1 Å². The number of carboxylic acid groups (broad SMARTS) is 1. The van der Waals surface area contributed by atoms with Crippen LogP contribution in [0.15, 0.2) is 35.5 Å². The largest absolute Gasteiger partial charge is 0.501 e. The fourth-order valence-electron chi connectivity index (χ4n) is 3.80. The molecule has 0 fully saturated rings. The van der Waals surface area contributed by atoms with Crippen molar-refractivity contribution in [2.24, 2.45) is 0 Å². The third kappa shape index (κ3) is 3.78. The first-order valence-corrected chi connectivity index (χ1v) is 9.66. The number of ether oxygens (including phenoxy) is 3. The molecule has 0 bridgehead atoms. The molecule has 0 amide bonds. The topological polar surface area (TPSA) is 87.0 Å². The van der Waals surface area contributed by atoms with Crippen LogP contribution >= 0.6 is 0 Å². The van der Waals surface area contributed by atoms with E-state index < -0.39 is 11.4 Å². The average Bonchev–Trinajstić information content (AvgIpc) is 3.24. The molecule has 0 radical (unpaired) electrons. The molecule has 0 unspecified atom stereocenters. The van der Waals surface area contributed by atoms with Gasteiger partial charge in [-0.15, -0.1) is 0 Å². The van der Waals surface area contributed by atoms with E-state index in [1.165, 1.54) is 12.3 Å². The number of methoxy groups -OCH3 is 1. The first-order chi connectivity index (χ1) is 14.1. The highest BCUT2D eigenvalue weighted by Gasteiger charge is 2.23. The van der Waals surface area contributed by atoms with Gasteiger partial charge in [-0.1, -0.05) is 0 Å². The third-order valence-electron chi connectivity index (χ3n) is 5.27. The van der Waals surface area contributed by atoms with Gasteiger partial charge in [-0.2, -0.15) is 0 Å². The molecule has 2 aliphatic rings. The quantitative estimate of drug-likeness (QED) is 0.723. The highest BCUT2D eigenvalue weighted by atomic mass is 16.5. The minimum atomic E-state index is -1.20. The Hall–Kier alpha value is -3.06. The zero-order chi connectivity index (χ0) is 20.4. The van der Waals surface area contributed by atoms with E-state index in [1.54, 1.807) is 13.4 Å². The molecule has 7 heteroatoms. The number of benzene rings is 1. The first kappa shape index (κ1) is 19.3. The van der Waals surface area contributed by atoms with E-state index in [9.17, 15) is 14.7 Å². The van der Waals surface area contributed by atoms with E-state index in [0.717, 1.165) is 53.0 Å². The zero-order valence-corrected chi connectivity index (χ0v) is 16.3. The van der Waals surface area contributed by atoms with Crippen LogP contribution in [-0.2, 0) is 22.4 Å². The van der Waals surface area contributed by atoms with E-state index in [0.29, 0.717) is 26.4 Å². The maximum Gasteiger partial charge on any atom is 0.341 e. The number of hydrogen-bond donors (Lipinski definition) is 1. The van der Waals surface area contributed by atoms with Gasteiger partial charge in [-0.05, 0) is 24.1 Å². The van der Waals surface area contributed by atoms with Crippen molar-refractivity contribution in [2.45, 2.75) is 25.8 Å². The number of aryl methyl sites for hydroxylation is 2. The SMILES string of the molecule is COCCCOc1cc2c(cc1C1=COCC1)-c1cc(=O)c(C(=O)O)cn1CC2. The van der Waals surface area contributed by atoms with Gasteiger partial charge in [0.2, 0.25) is 0 Å². The molecule has 0 spiro atoms. The zero-order valence-electron chi connectivity index (χ0n) is 16.3. The normalized spacial score (nSPS) is 14.6. The molecule has 0 saturated carbocycles. The highest BCUT2D eigenvalue weighted by Crippen LogP contribution is 2.39. The Bertz CT molecular complexity index is 1040. The van der Waals surface area contributed by atoms with Crippen molar-refractivity contribution in [3.63, 3.8) is 0 Å². The van der Waals surface area contributed by atoms with Gasteiger partial charge in [-0.25, -0.2) is 4.79 Å². The Kier molecular flexibility index (Phi) is 5.40. The molecule has 1 aromatic heterocycles. The summed E-state index contributed by atoms with van der Waals surface area (Å²) < 4.78 is 18.4. The van der Waals surface area contributed by atoms with Crippen molar-refractivity contribution in [3.05, 3.63) is 57.6 Å². The van der Waals surface area contributed by atoms with Gasteiger partial charge in [0, 0.05) is 62.1 Å². The number of carbonyl (C=O) groups is 1. The number of aromatic nitrogens is 1. The molecule has 152 valence electrons. The molecule has 29 heavy (non-hydrogen) atoms.